The molecule has 18 heavy (non-hydrogen) atoms. The third-order valence-corrected chi connectivity index (χ3v) is 5.16. The Morgan fingerprint density at radius 1 is 1.39 bits per heavy atom. The molecule has 0 saturated carbocycles. The SMILES string of the molecule is CCC(CBr)(CBr)NC(=O)c1cc(F)ccc1C. The Morgan fingerprint density at radius 3 is 2.50 bits per heavy atom. The number of hydrogen-bond donors (Lipinski definition) is 1. The zero-order chi connectivity index (χ0) is 13.8. The molecule has 1 N–H and O–H groups in total. The molecular weight excluding hydrogens is 365 g/mol. The van der Waals surface area contributed by atoms with Gasteiger partial charge >= 0.3 is 0 Å². The lowest BCUT2D eigenvalue weighted by molar-refractivity contribution is 0.0914. The van der Waals surface area contributed by atoms with E-state index in [9.17, 15) is 9.18 Å². The zero-order valence-corrected chi connectivity index (χ0v) is 13.6. The molecule has 2 nitrogen and oxygen atoms in total. The van der Waals surface area contributed by atoms with Crippen LogP contribution in [0, 0.1) is 12.7 Å². The number of benzene rings is 1. The monoisotopic (exact) mass is 379 g/mol. The second-order valence-corrected chi connectivity index (χ2v) is 5.44. The Kier molecular flexibility index (Phi) is 5.79. The van der Waals surface area contributed by atoms with Gasteiger partial charge in [0.1, 0.15) is 5.82 Å². The highest BCUT2D eigenvalue weighted by molar-refractivity contribution is 9.09. The topological polar surface area (TPSA) is 29.1 Å². The highest BCUT2D eigenvalue weighted by Crippen LogP contribution is 2.19. The van der Waals surface area contributed by atoms with E-state index < -0.39 is 5.82 Å². The van der Waals surface area contributed by atoms with E-state index in [1.165, 1.54) is 12.1 Å². The van der Waals surface area contributed by atoms with Crippen LogP contribution < -0.4 is 5.32 Å². The van der Waals surface area contributed by atoms with Crippen molar-refractivity contribution in [3.63, 3.8) is 0 Å². The Bertz CT molecular complexity index is 425. The summed E-state index contributed by atoms with van der Waals surface area (Å²) in [5, 5.41) is 4.25. The predicted molar refractivity (Wildman–Crippen MR) is 79.2 cm³/mol. The minimum absolute atomic E-state index is 0.243. The smallest absolute Gasteiger partial charge is 0.252 e. The fourth-order valence-corrected chi connectivity index (χ4v) is 3.53. The summed E-state index contributed by atoms with van der Waals surface area (Å²) in [4.78, 5) is 12.2. The van der Waals surface area contributed by atoms with Crippen LogP contribution in [0.1, 0.15) is 29.3 Å². The van der Waals surface area contributed by atoms with E-state index in [0.29, 0.717) is 16.2 Å². The number of amides is 1. The summed E-state index contributed by atoms with van der Waals surface area (Å²) in [6.45, 7) is 3.80. The molecule has 0 aliphatic heterocycles. The molecule has 0 unspecified atom stereocenters. The van der Waals surface area contributed by atoms with Crippen molar-refractivity contribution >= 4 is 37.8 Å². The molecule has 0 aromatic heterocycles. The third kappa shape index (κ3) is 3.54. The summed E-state index contributed by atoms with van der Waals surface area (Å²) in [5.41, 5.74) is 0.799. The lowest BCUT2D eigenvalue weighted by atomic mass is 10.00. The predicted octanol–water partition coefficient (Wildman–Crippen LogP) is 3.80. The van der Waals surface area contributed by atoms with Gasteiger partial charge in [-0.25, -0.2) is 4.39 Å². The lowest BCUT2D eigenvalue weighted by Gasteiger charge is -2.30. The first-order valence-corrected chi connectivity index (χ1v) is 7.93. The average Bonchev–Trinajstić information content (AvgIpc) is 2.38. The molecule has 100 valence electrons. The standard InChI is InChI=1S/C13H16Br2FNO/c1-3-13(7-14,8-15)17-12(18)11-6-10(16)5-4-9(11)2/h4-6H,3,7-8H2,1-2H3,(H,17,18). The summed E-state index contributed by atoms with van der Waals surface area (Å²) >= 11 is 6.82. The average molecular weight is 381 g/mol. The van der Waals surface area contributed by atoms with Gasteiger partial charge in [-0.2, -0.15) is 0 Å². The van der Waals surface area contributed by atoms with Crippen molar-refractivity contribution in [2.45, 2.75) is 25.8 Å². The molecule has 0 atom stereocenters. The van der Waals surface area contributed by atoms with E-state index in [0.717, 1.165) is 12.0 Å². The highest BCUT2D eigenvalue weighted by Gasteiger charge is 2.28. The number of alkyl halides is 2. The van der Waals surface area contributed by atoms with Crippen molar-refractivity contribution in [2.75, 3.05) is 10.7 Å². The molecule has 0 spiro atoms. The summed E-state index contributed by atoms with van der Waals surface area (Å²) in [6.07, 6.45) is 0.781. The molecule has 1 rings (SSSR count). The molecule has 1 aromatic carbocycles. The van der Waals surface area contributed by atoms with Gasteiger partial charge in [0.05, 0.1) is 5.54 Å². The highest BCUT2D eigenvalue weighted by atomic mass is 79.9. The number of aryl methyl sites for hydroxylation is 1. The third-order valence-electron chi connectivity index (χ3n) is 3.01. The van der Waals surface area contributed by atoms with Gasteiger partial charge in [0.2, 0.25) is 0 Å². The fourth-order valence-electron chi connectivity index (χ4n) is 1.53. The lowest BCUT2D eigenvalue weighted by Crippen LogP contribution is -2.51. The van der Waals surface area contributed by atoms with Gasteiger partial charge in [0, 0.05) is 16.2 Å². The number of carbonyl (C=O) groups excluding carboxylic acids is 1. The van der Waals surface area contributed by atoms with Crippen molar-refractivity contribution in [3.05, 3.63) is 35.1 Å². The molecule has 0 saturated heterocycles. The molecule has 0 aliphatic carbocycles. The number of carbonyl (C=O) groups is 1. The Morgan fingerprint density at radius 2 is 2.00 bits per heavy atom. The summed E-state index contributed by atoms with van der Waals surface area (Å²) in [7, 11) is 0. The summed E-state index contributed by atoms with van der Waals surface area (Å²) < 4.78 is 13.2. The maximum atomic E-state index is 13.2. The maximum Gasteiger partial charge on any atom is 0.252 e. The molecule has 5 heteroatoms. The van der Waals surface area contributed by atoms with Crippen LogP contribution in [0.4, 0.5) is 4.39 Å². The van der Waals surface area contributed by atoms with Crippen LogP contribution in [0.15, 0.2) is 18.2 Å². The van der Waals surface area contributed by atoms with Crippen LogP contribution in [0.25, 0.3) is 0 Å². The van der Waals surface area contributed by atoms with E-state index in [4.69, 9.17) is 0 Å². The van der Waals surface area contributed by atoms with Crippen molar-refractivity contribution in [3.8, 4) is 0 Å². The first-order valence-electron chi connectivity index (χ1n) is 5.68. The van der Waals surface area contributed by atoms with Gasteiger partial charge in [-0.1, -0.05) is 44.8 Å². The Labute approximate surface area is 124 Å². The quantitative estimate of drug-likeness (QED) is 0.773. The minimum Gasteiger partial charge on any atom is -0.345 e. The van der Waals surface area contributed by atoms with Gasteiger partial charge < -0.3 is 5.32 Å². The van der Waals surface area contributed by atoms with Crippen molar-refractivity contribution < 1.29 is 9.18 Å². The Hall–Kier alpha value is -0.420. The van der Waals surface area contributed by atoms with Crippen molar-refractivity contribution in [2.24, 2.45) is 0 Å². The molecule has 1 amide bonds. The largest absolute Gasteiger partial charge is 0.345 e. The second kappa shape index (κ2) is 6.66. The van der Waals surface area contributed by atoms with Crippen LogP contribution in [0.3, 0.4) is 0 Å². The van der Waals surface area contributed by atoms with Crippen LogP contribution in [0.2, 0.25) is 0 Å². The molecule has 0 fully saturated rings. The van der Waals surface area contributed by atoms with Crippen LogP contribution in [0.5, 0.6) is 0 Å². The van der Waals surface area contributed by atoms with Gasteiger partial charge in [-0.15, -0.1) is 0 Å². The van der Waals surface area contributed by atoms with Gasteiger partial charge in [-0.05, 0) is 31.0 Å². The minimum atomic E-state index is -0.398. The van der Waals surface area contributed by atoms with E-state index >= 15 is 0 Å². The Balaban J connectivity index is 2.97. The van der Waals surface area contributed by atoms with E-state index in [2.05, 4.69) is 37.2 Å². The van der Waals surface area contributed by atoms with Crippen LogP contribution in [-0.2, 0) is 0 Å². The molecule has 0 radical (unpaired) electrons. The molecule has 1 aromatic rings. The first-order chi connectivity index (χ1) is 8.48. The first kappa shape index (κ1) is 15.6. The second-order valence-electron chi connectivity index (χ2n) is 4.31. The van der Waals surface area contributed by atoms with Gasteiger partial charge in [0.15, 0.2) is 0 Å². The van der Waals surface area contributed by atoms with E-state index in [1.807, 2.05) is 6.92 Å². The normalized spacial score (nSPS) is 11.4. The number of halogens is 3. The van der Waals surface area contributed by atoms with Crippen LogP contribution in [-0.4, -0.2) is 22.1 Å². The zero-order valence-electron chi connectivity index (χ0n) is 10.4. The molecule has 0 bridgehead atoms. The summed E-state index contributed by atoms with van der Waals surface area (Å²) in [6, 6.07) is 4.24. The van der Waals surface area contributed by atoms with E-state index in [-0.39, 0.29) is 11.4 Å². The fraction of sp³-hybridized carbons (Fsp3) is 0.462. The van der Waals surface area contributed by atoms with Gasteiger partial charge in [0.25, 0.3) is 5.91 Å². The molecule has 0 heterocycles. The summed E-state index contributed by atoms with van der Waals surface area (Å²) in [5.74, 6) is -0.640. The number of rotatable bonds is 5. The van der Waals surface area contributed by atoms with Crippen molar-refractivity contribution in [1.82, 2.24) is 5.32 Å². The number of hydrogen-bond acceptors (Lipinski definition) is 1. The van der Waals surface area contributed by atoms with E-state index in [1.54, 1.807) is 13.0 Å². The molecular formula is C13H16Br2FNO. The number of nitrogens with one attached hydrogen (secondary N) is 1. The maximum absolute atomic E-state index is 13.2. The molecule has 0 aliphatic rings. The van der Waals surface area contributed by atoms with Crippen LogP contribution >= 0.6 is 31.9 Å². The van der Waals surface area contributed by atoms with Crippen molar-refractivity contribution in [1.29, 1.82) is 0 Å². The van der Waals surface area contributed by atoms with Gasteiger partial charge in [-0.3, -0.25) is 4.79 Å².